The summed E-state index contributed by atoms with van der Waals surface area (Å²) in [5.74, 6) is -0.348. The second-order valence-electron chi connectivity index (χ2n) is 6.41. The number of hydrogen-bond acceptors (Lipinski definition) is 6. The Bertz CT molecular complexity index is 1200. The van der Waals surface area contributed by atoms with Crippen LogP contribution in [0.4, 0.5) is 5.69 Å². The molecule has 1 heterocycles. The third-order valence-electron chi connectivity index (χ3n) is 4.27. The van der Waals surface area contributed by atoms with Gasteiger partial charge in [-0.05, 0) is 37.2 Å². The maximum Gasteiger partial charge on any atom is 0.344 e. The molecule has 0 saturated carbocycles. The lowest BCUT2D eigenvalue weighted by molar-refractivity contribution is -0.113. The number of sulfonamides is 1. The Labute approximate surface area is 178 Å². The van der Waals surface area contributed by atoms with E-state index in [-0.39, 0.29) is 22.2 Å². The van der Waals surface area contributed by atoms with Crippen molar-refractivity contribution in [1.82, 2.24) is 19.5 Å². The zero-order chi connectivity index (χ0) is 21.7. The molecule has 3 N–H and O–H groups in total. The van der Waals surface area contributed by atoms with Crippen LogP contribution >= 0.6 is 11.8 Å². The lowest BCUT2D eigenvalue weighted by atomic mass is 10.2. The highest BCUT2D eigenvalue weighted by Crippen LogP contribution is 2.21. The third kappa shape index (κ3) is 5.17. The highest BCUT2D eigenvalue weighted by molar-refractivity contribution is 7.99. The van der Waals surface area contributed by atoms with Gasteiger partial charge < -0.3 is 5.32 Å². The average Bonchev–Trinajstić information content (AvgIpc) is 3.08. The van der Waals surface area contributed by atoms with Gasteiger partial charge in [-0.3, -0.25) is 9.36 Å². The number of carbonyl (C=O) groups is 1. The third-order valence-corrected chi connectivity index (χ3v) is 6.80. The van der Waals surface area contributed by atoms with E-state index < -0.39 is 10.0 Å². The highest BCUT2D eigenvalue weighted by atomic mass is 32.2. The van der Waals surface area contributed by atoms with Crippen molar-refractivity contribution in [2.45, 2.75) is 23.5 Å². The van der Waals surface area contributed by atoms with Gasteiger partial charge in [0, 0.05) is 5.69 Å². The molecule has 0 radical (unpaired) electrons. The van der Waals surface area contributed by atoms with Crippen LogP contribution in [0.25, 0.3) is 0 Å². The maximum atomic E-state index is 12.4. The molecule has 0 saturated heterocycles. The summed E-state index contributed by atoms with van der Waals surface area (Å²) >= 11 is 1.11. The fourth-order valence-corrected chi connectivity index (χ4v) is 4.46. The number of nitrogens with one attached hydrogen (secondary N) is 3. The molecular formula is C19H21N5O4S2. The molecule has 3 rings (SSSR count). The molecule has 30 heavy (non-hydrogen) atoms. The van der Waals surface area contributed by atoms with E-state index in [1.807, 2.05) is 30.3 Å². The molecular weight excluding hydrogens is 426 g/mol. The minimum Gasteiger partial charge on any atom is -0.325 e. The number of rotatable bonds is 8. The Hall–Kier alpha value is -2.89. The first-order chi connectivity index (χ1) is 14.3. The van der Waals surface area contributed by atoms with Gasteiger partial charge in [0.15, 0.2) is 5.16 Å². The molecule has 11 heteroatoms. The maximum absolute atomic E-state index is 12.4. The van der Waals surface area contributed by atoms with E-state index in [1.165, 1.54) is 17.7 Å². The normalized spacial score (nSPS) is 11.4. The predicted molar refractivity (Wildman–Crippen MR) is 115 cm³/mol. The summed E-state index contributed by atoms with van der Waals surface area (Å²) in [4.78, 5) is 24.5. The van der Waals surface area contributed by atoms with Gasteiger partial charge in [0.05, 0.1) is 17.2 Å². The Morgan fingerprint density at radius 3 is 2.63 bits per heavy atom. The molecule has 0 bridgehead atoms. The number of benzene rings is 2. The number of amides is 1. The Kier molecular flexibility index (Phi) is 6.75. The molecule has 0 aliphatic rings. The largest absolute Gasteiger partial charge is 0.344 e. The van der Waals surface area contributed by atoms with Crippen molar-refractivity contribution < 1.29 is 13.2 Å². The quantitative estimate of drug-likeness (QED) is 0.450. The standard InChI is InChI=1S/C19H21N5O4S2/c1-13-8-9-15(10-16(13)30(27,28)20-2)21-17(25)12-29-19-23-22-18(26)24(19)11-14-6-4-3-5-7-14/h3-10,20H,11-12H2,1-2H3,(H,21,25)(H,22,26). The van der Waals surface area contributed by atoms with Crippen molar-refractivity contribution in [1.29, 1.82) is 0 Å². The van der Waals surface area contributed by atoms with E-state index in [4.69, 9.17) is 0 Å². The van der Waals surface area contributed by atoms with Crippen LogP contribution in [-0.2, 0) is 21.4 Å². The Morgan fingerprint density at radius 2 is 1.93 bits per heavy atom. The molecule has 0 aliphatic carbocycles. The van der Waals surface area contributed by atoms with Gasteiger partial charge in [-0.1, -0.05) is 48.2 Å². The van der Waals surface area contributed by atoms with E-state index in [0.717, 1.165) is 17.3 Å². The molecule has 0 fully saturated rings. The first kappa shape index (κ1) is 21.8. The molecule has 0 aliphatic heterocycles. The van der Waals surface area contributed by atoms with Crippen molar-refractivity contribution in [3.8, 4) is 0 Å². The van der Waals surface area contributed by atoms with Crippen LogP contribution in [0, 0.1) is 6.92 Å². The highest BCUT2D eigenvalue weighted by Gasteiger charge is 2.16. The van der Waals surface area contributed by atoms with Crippen LogP contribution in [0.3, 0.4) is 0 Å². The van der Waals surface area contributed by atoms with Crippen LogP contribution in [-0.4, -0.2) is 41.9 Å². The van der Waals surface area contributed by atoms with Crippen LogP contribution in [0.2, 0.25) is 0 Å². The Morgan fingerprint density at radius 1 is 1.20 bits per heavy atom. The SMILES string of the molecule is CNS(=O)(=O)c1cc(NC(=O)CSc2n[nH]c(=O)n2Cc2ccccc2)ccc1C. The molecule has 3 aromatic rings. The number of aromatic amines is 1. The van der Waals surface area contributed by atoms with Crippen molar-refractivity contribution in [3.63, 3.8) is 0 Å². The summed E-state index contributed by atoms with van der Waals surface area (Å²) < 4.78 is 27.9. The smallest absolute Gasteiger partial charge is 0.325 e. The van der Waals surface area contributed by atoms with Crippen molar-refractivity contribution in [3.05, 3.63) is 70.1 Å². The number of thioether (sulfide) groups is 1. The summed E-state index contributed by atoms with van der Waals surface area (Å²) in [6.07, 6.45) is 0. The fraction of sp³-hybridized carbons (Fsp3) is 0.211. The van der Waals surface area contributed by atoms with Crippen molar-refractivity contribution >= 4 is 33.4 Å². The van der Waals surface area contributed by atoms with E-state index in [0.29, 0.717) is 23.0 Å². The molecule has 0 atom stereocenters. The molecule has 9 nitrogen and oxygen atoms in total. The van der Waals surface area contributed by atoms with Crippen LogP contribution in [0.5, 0.6) is 0 Å². The van der Waals surface area contributed by atoms with Gasteiger partial charge in [-0.2, -0.15) is 0 Å². The second-order valence-corrected chi connectivity index (χ2v) is 9.21. The van der Waals surface area contributed by atoms with Crippen molar-refractivity contribution in [2.75, 3.05) is 18.1 Å². The number of hydrogen-bond donors (Lipinski definition) is 3. The van der Waals surface area contributed by atoms with Gasteiger partial charge in [0.1, 0.15) is 0 Å². The minimum absolute atomic E-state index is 0.00106. The number of anilines is 1. The molecule has 0 unspecified atom stereocenters. The van der Waals surface area contributed by atoms with E-state index in [1.54, 1.807) is 19.1 Å². The van der Waals surface area contributed by atoms with E-state index in [9.17, 15) is 18.0 Å². The number of aryl methyl sites for hydroxylation is 1. The number of aromatic nitrogens is 3. The van der Waals surface area contributed by atoms with Gasteiger partial charge >= 0.3 is 5.69 Å². The summed E-state index contributed by atoms with van der Waals surface area (Å²) in [6, 6.07) is 14.1. The number of nitrogens with zero attached hydrogens (tertiary/aromatic N) is 2. The summed E-state index contributed by atoms with van der Waals surface area (Å²) in [7, 11) is -2.30. The predicted octanol–water partition coefficient (Wildman–Crippen LogP) is 1.57. The minimum atomic E-state index is -3.63. The molecule has 1 amide bonds. The fourth-order valence-electron chi connectivity index (χ4n) is 2.72. The first-order valence-corrected chi connectivity index (χ1v) is 11.4. The van der Waals surface area contributed by atoms with Gasteiger partial charge in [-0.15, -0.1) is 5.10 Å². The summed E-state index contributed by atoms with van der Waals surface area (Å²) in [6.45, 7) is 2.01. The molecule has 1 aromatic heterocycles. The first-order valence-electron chi connectivity index (χ1n) is 8.96. The number of carbonyl (C=O) groups excluding carboxylic acids is 1. The molecule has 0 spiro atoms. The van der Waals surface area contributed by atoms with Crippen LogP contribution < -0.4 is 15.7 Å². The topological polar surface area (TPSA) is 126 Å². The van der Waals surface area contributed by atoms with E-state index in [2.05, 4.69) is 20.2 Å². The Balaban J connectivity index is 1.68. The number of H-pyrrole nitrogens is 1. The lowest BCUT2D eigenvalue weighted by Gasteiger charge is -2.10. The molecule has 2 aromatic carbocycles. The zero-order valence-corrected chi connectivity index (χ0v) is 18.0. The van der Waals surface area contributed by atoms with E-state index >= 15 is 0 Å². The lowest BCUT2D eigenvalue weighted by Crippen LogP contribution is -2.21. The molecule has 158 valence electrons. The van der Waals surface area contributed by atoms with Gasteiger partial charge in [0.2, 0.25) is 15.9 Å². The van der Waals surface area contributed by atoms with Gasteiger partial charge in [-0.25, -0.2) is 23.0 Å². The van der Waals surface area contributed by atoms with Crippen molar-refractivity contribution in [2.24, 2.45) is 0 Å². The second kappa shape index (κ2) is 9.28. The average molecular weight is 448 g/mol. The van der Waals surface area contributed by atoms with Gasteiger partial charge in [0.25, 0.3) is 0 Å². The van der Waals surface area contributed by atoms with Crippen LogP contribution in [0.15, 0.2) is 63.4 Å². The summed E-state index contributed by atoms with van der Waals surface area (Å²) in [5.41, 5.74) is 1.51. The zero-order valence-electron chi connectivity index (χ0n) is 16.4. The summed E-state index contributed by atoms with van der Waals surface area (Å²) in [5, 5.41) is 9.44. The monoisotopic (exact) mass is 447 g/mol. The van der Waals surface area contributed by atoms with Crippen LogP contribution in [0.1, 0.15) is 11.1 Å².